The van der Waals surface area contributed by atoms with E-state index in [0.717, 1.165) is 50.9 Å². The molecule has 1 aliphatic heterocycles. The molecule has 0 amide bonds. The van der Waals surface area contributed by atoms with Crippen LogP contribution in [0.3, 0.4) is 0 Å². The van der Waals surface area contributed by atoms with Crippen molar-refractivity contribution in [2.24, 2.45) is 16.8 Å². The summed E-state index contributed by atoms with van der Waals surface area (Å²) in [5.74, 6) is 3.06. The molecule has 7 heteroatoms. The molecule has 0 saturated carbocycles. The van der Waals surface area contributed by atoms with Crippen molar-refractivity contribution < 1.29 is 9.47 Å². The van der Waals surface area contributed by atoms with Crippen LogP contribution in [0.4, 0.5) is 5.69 Å². The molecule has 160 valence electrons. The number of aliphatic imine (C=N–C) groups is 1. The number of nitrogens with zero attached hydrogens (tertiary/aromatic N) is 2. The van der Waals surface area contributed by atoms with Crippen molar-refractivity contribution in [3.05, 3.63) is 24.3 Å². The lowest BCUT2D eigenvalue weighted by molar-refractivity contribution is 0.128. The van der Waals surface area contributed by atoms with E-state index in [0.29, 0.717) is 18.4 Å². The third-order valence-electron chi connectivity index (χ3n) is 4.86. The van der Waals surface area contributed by atoms with Crippen molar-refractivity contribution in [2.75, 3.05) is 58.5 Å². The zero-order valence-corrected chi connectivity index (χ0v) is 20.1. The van der Waals surface area contributed by atoms with Crippen LogP contribution < -0.4 is 20.3 Å². The summed E-state index contributed by atoms with van der Waals surface area (Å²) in [6.45, 7) is 9.79. The Morgan fingerprint density at radius 1 is 1.29 bits per heavy atom. The van der Waals surface area contributed by atoms with Crippen molar-refractivity contribution >= 4 is 35.6 Å². The van der Waals surface area contributed by atoms with Gasteiger partial charge in [0.2, 0.25) is 0 Å². The highest BCUT2D eigenvalue weighted by molar-refractivity contribution is 14.0. The van der Waals surface area contributed by atoms with Gasteiger partial charge in [0.05, 0.1) is 13.7 Å². The van der Waals surface area contributed by atoms with Gasteiger partial charge in [0.1, 0.15) is 5.75 Å². The Kier molecular flexibility index (Phi) is 12.3. The fourth-order valence-electron chi connectivity index (χ4n) is 3.17. The number of rotatable bonds is 10. The second kappa shape index (κ2) is 13.9. The molecule has 1 aromatic rings. The van der Waals surface area contributed by atoms with Crippen LogP contribution in [0.15, 0.2) is 29.3 Å². The zero-order valence-electron chi connectivity index (χ0n) is 17.7. The van der Waals surface area contributed by atoms with Crippen LogP contribution in [0.2, 0.25) is 0 Å². The van der Waals surface area contributed by atoms with E-state index in [2.05, 4.69) is 52.6 Å². The first-order valence-corrected chi connectivity index (χ1v) is 10.0. The van der Waals surface area contributed by atoms with Gasteiger partial charge in [-0.05, 0) is 36.8 Å². The van der Waals surface area contributed by atoms with Crippen molar-refractivity contribution in [3.8, 4) is 5.75 Å². The molecule has 0 spiro atoms. The number of guanidine groups is 1. The molecule has 1 atom stereocenters. The van der Waals surface area contributed by atoms with E-state index in [4.69, 9.17) is 9.47 Å². The lowest BCUT2D eigenvalue weighted by atomic mass is 10.1. The van der Waals surface area contributed by atoms with Gasteiger partial charge in [0.25, 0.3) is 0 Å². The van der Waals surface area contributed by atoms with Crippen LogP contribution in [0.25, 0.3) is 0 Å². The van der Waals surface area contributed by atoms with Crippen LogP contribution >= 0.6 is 24.0 Å². The zero-order chi connectivity index (χ0) is 19.5. The SMILES string of the molecule is CN=C(NCCOCCC(C)C)NCC1CCN(c2cccc(OC)c2)C1.I. The van der Waals surface area contributed by atoms with E-state index >= 15 is 0 Å². The number of hydrogen-bond acceptors (Lipinski definition) is 4. The van der Waals surface area contributed by atoms with Gasteiger partial charge in [-0.25, -0.2) is 0 Å². The van der Waals surface area contributed by atoms with Crippen LogP contribution in [0.1, 0.15) is 26.7 Å². The quantitative estimate of drug-likeness (QED) is 0.222. The van der Waals surface area contributed by atoms with E-state index in [1.54, 1.807) is 7.11 Å². The average molecular weight is 504 g/mol. The number of methoxy groups -OCH3 is 1. The summed E-state index contributed by atoms with van der Waals surface area (Å²) in [6, 6.07) is 8.29. The van der Waals surface area contributed by atoms with Gasteiger partial charge in [0.15, 0.2) is 5.96 Å². The molecular weight excluding hydrogens is 467 g/mol. The molecule has 1 unspecified atom stereocenters. The molecule has 0 radical (unpaired) electrons. The molecule has 0 aromatic heterocycles. The van der Waals surface area contributed by atoms with Gasteiger partial charge in [0, 0.05) is 51.6 Å². The Bertz CT molecular complexity index is 583. The third-order valence-corrected chi connectivity index (χ3v) is 4.86. The Labute approximate surface area is 187 Å². The first-order valence-electron chi connectivity index (χ1n) is 10.0. The Morgan fingerprint density at radius 3 is 2.82 bits per heavy atom. The van der Waals surface area contributed by atoms with Crippen molar-refractivity contribution in [3.63, 3.8) is 0 Å². The largest absolute Gasteiger partial charge is 0.497 e. The fourth-order valence-corrected chi connectivity index (χ4v) is 3.17. The third kappa shape index (κ3) is 8.86. The van der Waals surface area contributed by atoms with E-state index < -0.39 is 0 Å². The highest BCUT2D eigenvalue weighted by Crippen LogP contribution is 2.26. The van der Waals surface area contributed by atoms with Gasteiger partial charge in [-0.2, -0.15) is 0 Å². The molecule has 6 nitrogen and oxygen atoms in total. The van der Waals surface area contributed by atoms with Gasteiger partial charge >= 0.3 is 0 Å². The van der Waals surface area contributed by atoms with Crippen molar-refractivity contribution in [1.82, 2.24) is 10.6 Å². The second-order valence-electron chi connectivity index (χ2n) is 7.48. The summed E-state index contributed by atoms with van der Waals surface area (Å²) in [4.78, 5) is 6.73. The number of halogens is 1. The number of nitrogens with one attached hydrogen (secondary N) is 2. The fraction of sp³-hybridized carbons (Fsp3) is 0.667. The normalized spacial score (nSPS) is 16.8. The van der Waals surface area contributed by atoms with Gasteiger partial charge in [-0.1, -0.05) is 19.9 Å². The molecule has 1 saturated heterocycles. The molecule has 1 aromatic carbocycles. The topological polar surface area (TPSA) is 58.1 Å². The number of hydrogen-bond donors (Lipinski definition) is 2. The summed E-state index contributed by atoms with van der Waals surface area (Å²) in [7, 11) is 3.52. The van der Waals surface area contributed by atoms with Gasteiger partial charge < -0.3 is 25.0 Å². The van der Waals surface area contributed by atoms with Crippen molar-refractivity contribution in [1.29, 1.82) is 0 Å². The monoisotopic (exact) mass is 504 g/mol. The van der Waals surface area contributed by atoms with Crippen LogP contribution in [-0.4, -0.2) is 59.5 Å². The maximum atomic E-state index is 5.64. The Hall–Kier alpha value is -1.22. The second-order valence-corrected chi connectivity index (χ2v) is 7.48. The molecule has 1 heterocycles. The summed E-state index contributed by atoms with van der Waals surface area (Å²) in [5, 5.41) is 6.77. The molecule has 28 heavy (non-hydrogen) atoms. The number of ether oxygens (including phenoxy) is 2. The molecule has 0 bridgehead atoms. The molecule has 0 aliphatic carbocycles. The van der Waals surface area contributed by atoms with Crippen LogP contribution in [-0.2, 0) is 4.74 Å². The maximum absolute atomic E-state index is 5.64. The van der Waals surface area contributed by atoms with E-state index in [1.165, 1.54) is 12.1 Å². The molecule has 2 rings (SSSR count). The van der Waals surface area contributed by atoms with E-state index in [1.807, 2.05) is 13.1 Å². The summed E-state index contributed by atoms with van der Waals surface area (Å²) < 4.78 is 11.0. The van der Waals surface area contributed by atoms with E-state index in [-0.39, 0.29) is 24.0 Å². The van der Waals surface area contributed by atoms with Gasteiger partial charge in [-0.3, -0.25) is 4.99 Å². The molecular formula is C21H37IN4O2. The summed E-state index contributed by atoms with van der Waals surface area (Å²) >= 11 is 0. The first-order chi connectivity index (χ1) is 13.1. The summed E-state index contributed by atoms with van der Waals surface area (Å²) in [6.07, 6.45) is 2.29. The first kappa shape index (κ1) is 24.8. The average Bonchev–Trinajstić information content (AvgIpc) is 3.15. The molecule has 2 N–H and O–H groups in total. The minimum absolute atomic E-state index is 0. The van der Waals surface area contributed by atoms with E-state index in [9.17, 15) is 0 Å². The standard InChI is InChI=1S/C21H36N4O2.HI/c1-17(2)9-12-27-13-10-23-21(22-3)24-15-18-8-11-25(16-18)19-6-5-7-20(14-19)26-4;/h5-7,14,17-18H,8-13,15-16H2,1-4H3,(H2,22,23,24);1H. The Balaban J connectivity index is 0.00000392. The minimum Gasteiger partial charge on any atom is -0.497 e. The highest BCUT2D eigenvalue weighted by atomic mass is 127. The van der Waals surface area contributed by atoms with Crippen molar-refractivity contribution in [2.45, 2.75) is 26.7 Å². The predicted molar refractivity (Wildman–Crippen MR) is 128 cm³/mol. The van der Waals surface area contributed by atoms with Crippen LogP contribution in [0.5, 0.6) is 5.75 Å². The summed E-state index contributed by atoms with van der Waals surface area (Å²) in [5.41, 5.74) is 1.23. The molecule has 1 aliphatic rings. The lowest BCUT2D eigenvalue weighted by Gasteiger charge is -2.20. The smallest absolute Gasteiger partial charge is 0.191 e. The van der Waals surface area contributed by atoms with Crippen LogP contribution in [0, 0.1) is 11.8 Å². The number of benzene rings is 1. The molecule has 1 fully saturated rings. The Morgan fingerprint density at radius 2 is 2.11 bits per heavy atom. The number of anilines is 1. The maximum Gasteiger partial charge on any atom is 0.191 e. The predicted octanol–water partition coefficient (Wildman–Crippen LogP) is 3.37. The lowest BCUT2D eigenvalue weighted by Crippen LogP contribution is -2.41. The minimum atomic E-state index is 0. The highest BCUT2D eigenvalue weighted by Gasteiger charge is 2.23. The van der Waals surface area contributed by atoms with Gasteiger partial charge in [-0.15, -0.1) is 24.0 Å².